The number of likely N-dealkylation sites (tertiary alicyclic amines) is 1. The van der Waals surface area contributed by atoms with Gasteiger partial charge in [-0.15, -0.1) is 0 Å². The van der Waals surface area contributed by atoms with Gasteiger partial charge in [0.15, 0.2) is 0 Å². The van der Waals surface area contributed by atoms with Gasteiger partial charge in [0.2, 0.25) is 0 Å². The lowest BCUT2D eigenvalue weighted by Crippen LogP contribution is -2.46. The third kappa shape index (κ3) is 3.33. The number of nitrogens with one attached hydrogen (secondary N) is 2. The zero-order chi connectivity index (χ0) is 18.2. The predicted octanol–water partition coefficient (Wildman–Crippen LogP) is 3.33. The Balaban J connectivity index is 1.82. The van der Waals surface area contributed by atoms with Crippen molar-refractivity contribution in [3.05, 3.63) is 28.9 Å². The van der Waals surface area contributed by atoms with Crippen molar-refractivity contribution in [2.24, 2.45) is 11.3 Å². The van der Waals surface area contributed by atoms with Crippen molar-refractivity contribution in [3.63, 3.8) is 0 Å². The molecule has 1 unspecified atom stereocenters. The van der Waals surface area contributed by atoms with E-state index in [2.05, 4.69) is 29.4 Å². The first-order valence-corrected chi connectivity index (χ1v) is 8.99. The first-order chi connectivity index (χ1) is 11.8. The molecule has 3 N–H and O–H groups in total. The molecule has 6 nitrogen and oxygen atoms in total. The molecule has 1 fully saturated rings. The molecular formula is C18H25ClN4O2. The molecule has 7 heteroatoms. The summed E-state index contributed by atoms with van der Waals surface area (Å²) in [6.07, 6.45) is 2.77. The molecule has 3 rings (SSSR count). The molecule has 1 aromatic carbocycles. The Morgan fingerprint density at radius 2 is 2.12 bits per heavy atom. The summed E-state index contributed by atoms with van der Waals surface area (Å²) >= 11 is 6.23. The number of aliphatic hydroxyl groups excluding tert-OH is 1. The summed E-state index contributed by atoms with van der Waals surface area (Å²) in [4.78, 5) is 13.6. The summed E-state index contributed by atoms with van der Waals surface area (Å²) in [5, 5.41) is 22.4. The van der Waals surface area contributed by atoms with E-state index in [1.807, 2.05) is 17.0 Å². The second-order valence-electron chi connectivity index (χ2n) is 7.37. The number of halogens is 1. The van der Waals surface area contributed by atoms with Gasteiger partial charge in [0.05, 0.1) is 17.8 Å². The van der Waals surface area contributed by atoms with Crippen LogP contribution < -0.4 is 5.32 Å². The molecule has 0 saturated carbocycles. The van der Waals surface area contributed by atoms with E-state index in [1.165, 1.54) is 0 Å². The maximum atomic E-state index is 11.8. The second kappa shape index (κ2) is 6.84. The van der Waals surface area contributed by atoms with E-state index >= 15 is 0 Å². The van der Waals surface area contributed by atoms with Crippen LogP contribution >= 0.6 is 11.6 Å². The lowest BCUT2D eigenvalue weighted by atomic mass is 9.68. The maximum absolute atomic E-state index is 11.8. The van der Waals surface area contributed by atoms with Crippen molar-refractivity contribution in [2.45, 2.75) is 32.8 Å². The van der Waals surface area contributed by atoms with Crippen LogP contribution in [0.3, 0.4) is 0 Å². The van der Waals surface area contributed by atoms with Crippen LogP contribution in [0.1, 0.15) is 38.4 Å². The number of hydrogen-bond acceptors (Lipinski definition) is 3. The second-order valence-corrected chi connectivity index (χ2v) is 7.81. The average Bonchev–Trinajstić information content (AvgIpc) is 3.08. The molecule has 0 bridgehead atoms. The van der Waals surface area contributed by atoms with Gasteiger partial charge in [-0.1, -0.05) is 25.4 Å². The molecule has 1 aliphatic heterocycles. The normalized spacial score (nSPS) is 17.7. The number of rotatable bonds is 3. The Kier molecular flexibility index (Phi) is 4.93. The third-order valence-electron chi connectivity index (χ3n) is 5.59. The van der Waals surface area contributed by atoms with Gasteiger partial charge < -0.3 is 15.3 Å². The molecule has 0 aliphatic carbocycles. The number of piperidine rings is 1. The molecular weight excluding hydrogens is 340 g/mol. The highest BCUT2D eigenvalue weighted by molar-refractivity contribution is 6.31. The molecule has 1 atom stereocenters. The number of carbonyl (C=O) groups excluding carboxylic acids is 1. The number of aromatic amines is 1. The highest BCUT2D eigenvalue weighted by Gasteiger charge is 2.40. The fourth-order valence-electron chi connectivity index (χ4n) is 3.87. The Morgan fingerprint density at radius 3 is 2.76 bits per heavy atom. The van der Waals surface area contributed by atoms with Gasteiger partial charge in [-0.2, -0.15) is 5.10 Å². The number of benzene rings is 1. The van der Waals surface area contributed by atoms with Crippen LogP contribution in [-0.2, 0) is 0 Å². The van der Waals surface area contributed by atoms with E-state index < -0.39 is 6.10 Å². The van der Waals surface area contributed by atoms with Gasteiger partial charge in [0, 0.05) is 36.1 Å². The van der Waals surface area contributed by atoms with Crippen molar-refractivity contribution in [1.82, 2.24) is 20.4 Å². The number of urea groups is 1. The molecule has 2 amide bonds. The van der Waals surface area contributed by atoms with Gasteiger partial charge >= 0.3 is 6.03 Å². The number of fused-ring (bicyclic) bond motifs is 1. The van der Waals surface area contributed by atoms with E-state index in [1.54, 1.807) is 13.2 Å². The Labute approximate surface area is 152 Å². The zero-order valence-corrected chi connectivity index (χ0v) is 15.6. The fraction of sp³-hybridized carbons (Fsp3) is 0.556. The first-order valence-electron chi connectivity index (χ1n) is 8.62. The Morgan fingerprint density at radius 1 is 1.44 bits per heavy atom. The molecule has 25 heavy (non-hydrogen) atoms. The van der Waals surface area contributed by atoms with Crippen LogP contribution in [0.2, 0.25) is 5.02 Å². The van der Waals surface area contributed by atoms with Gasteiger partial charge in [0.1, 0.15) is 0 Å². The smallest absolute Gasteiger partial charge is 0.317 e. The first kappa shape index (κ1) is 18.0. The lowest BCUT2D eigenvalue weighted by Gasteiger charge is -2.43. The van der Waals surface area contributed by atoms with E-state index in [0.29, 0.717) is 24.0 Å². The molecule has 2 heterocycles. The molecule has 0 spiro atoms. The van der Waals surface area contributed by atoms with Crippen LogP contribution in [0.15, 0.2) is 18.3 Å². The number of aromatic nitrogens is 2. The minimum Gasteiger partial charge on any atom is -0.388 e. The third-order valence-corrected chi connectivity index (χ3v) is 5.81. The molecule has 136 valence electrons. The molecule has 1 saturated heterocycles. The minimum absolute atomic E-state index is 0.0363. The molecule has 1 aliphatic rings. The van der Waals surface area contributed by atoms with E-state index in [4.69, 9.17) is 11.6 Å². The number of amides is 2. The zero-order valence-electron chi connectivity index (χ0n) is 14.8. The van der Waals surface area contributed by atoms with Crippen molar-refractivity contribution < 1.29 is 9.90 Å². The monoisotopic (exact) mass is 364 g/mol. The fourth-order valence-corrected chi connectivity index (χ4v) is 4.11. The summed E-state index contributed by atoms with van der Waals surface area (Å²) in [5.74, 6) is 0.306. The highest BCUT2D eigenvalue weighted by Crippen LogP contribution is 2.46. The lowest BCUT2D eigenvalue weighted by molar-refractivity contribution is -0.0142. The van der Waals surface area contributed by atoms with Crippen LogP contribution in [0.25, 0.3) is 10.9 Å². The number of hydrogen-bond donors (Lipinski definition) is 3. The highest BCUT2D eigenvalue weighted by atomic mass is 35.5. The summed E-state index contributed by atoms with van der Waals surface area (Å²) in [6.45, 7) is 5.58. The number of aliphatic hydroxyl groups is 1. The standard InChI is InChI=1S/C18H25ClN4O2/c1-18(2,12-4-6-23(7-5-12)17(25)20-3)16(24)14-9-13(19)8-11-10-21-22-15(11)14/h8-10,12,16,24H,4-7H2,1-3H3,(H,20,25)(H,21,22). The summed E-state index contributed by atoms with van der Waals surface area (Å²) in [6, 6.07) is 3.62. The molecule has 0 radical (unpaired) electrons. The quantitative estimate of drug-likeness (QED) is 0.781. The number of nitrogens with zero attached hydrogens (tertiary/aromatic N) is 2. The van der Waals surface area contributed by atoms with E-state index in [9.17, 15) is 9.90 Å². The average molecular weight is 365 g/mol. The topological polar surface area (TPSA) is 81.2 Å². The Hall–Kier alpha value is -1.79. The Bertz CT molecular complexity index is 766. The SMILES string of the molecule is CNC(=O)N1CCC(C(C)(C)C(O)c2cc(Cl)cc3cn[nH]c23)CC1. The van der Waals surface area contributed by atoms with Crippen molar-refractivity contribution in [3.8, 4) is 0 Å². The van der Waals surface area contributed by atoms with Gasteiger partial charge in [-0.25, -0.2) is 4.79 Å². The number of carbonyl (C=O) groups is 1. The minimum atomic E-state index is -0.675. The van der Waals surface area contributed by atoms with Crippen LogP contribution in [0.4, 0.5) is 4.79 Å². The van der Waals surface area contributed by atoms with Gasteiger partial charge in [-0.3, -0.25) is 5.10 Å². The van der Waals surface area contributed by atoms with Crippen LogP contribution in [0.5, 0.6) is 0 Å². The molecule has 2 aromatic rings. The van der Waals surface area contributed by atoms with E-state index in [-0.39, 0.29) is 11.4 Å². The van der Waals surface area contributed by atoms with Crippen molar-refractivity contribution >= 4 is 28.5 Å². The largest absolute Gasteiger partial charge is 0.388 e. The summed E-state index contributed by atoms with van der Waals surface area (Å²) < 4.78 is 0. The van der Waals surface area contributed by atoms with E-state index in [0.717, 1.165) is 29.3 Å². The molecule has 1 aromatic heterocycles. The number of H-pyrrole nitrogens is 1. The summed E-state index contributed by atoms with van der Waals surface area (Å²) in [5.41, 5.74) is 1.25. The van der Waals surface area contributed by atoms with Crippen LogP contribution in [0, 0.1) is 11.3 Å². The predicted molar refractivity (Wildman–Crippen MR) is 98.6 cm³/mol. The maximum Gasteiger partial charge on any atom is 0.317 e. The van der Waals surface area contributed by atoms with Crippen LogP contribution in [-0.4, -0.2) is 46.4 Å². The van der Waals surface area contributed by atoms with Gasteiger partial charge in [0.25, 0.3) is 0 Å². The summed E-state index contributed by atoms with van der Waals surface area (Å²) in [7, 11) is 1.65. The van der Waals surface area contributed by atoms with Gasteiger partial charge in [-0.05, 0) is 36.3 Å². The van der Waals surface area contributed by atoms with Crippen molar-refractivity contribution in [1.29, 1.82) is 0 Å². The van der Waals surface area contributed by atoms with Crippen molar-refractivity contribution in [2.75, 3.05) is 20.1 Å².